The number of anilines is 1. The van der Waals surface area contributed by atoms with Crippen molar-refractivity contribution in [2.45, 2.75) is 19.9 Å². The molecule has 0 saturated carbocycles. The van der Waals surface area contributed by atoms with Crippen LogP contribution in [-0.4, -0.2) is 0 Å². The van der Waals surface area contributed by atoms with Crippen molar-refractivity contribution in [3.05, 3.63) is 65.2 Å². The van der Waals surface area contributed by atoms with Gasteiger partial charge in [-0.2, -0.15) is 0 Å². The van der Waals surface area contributed by atoms with Crippen LogP contribution in [0.5, 0.6) is 0 Å². The number of hydrogen-bond acceptors (Lipinski definition) is 1. The predicted octanol–water partition coefficient (Wildman–Crippen LogP) is 4.14. The molecule has 2 rings (SSSR count). The quantitative estimate of drug-likeness (QED) is 0.856. The summed E-state index contributed by atoms with van der Waals surface area (Å²) in [6.45, 7) is 2.36. The molecule has 0 aliphatic carbocycles. The summed E-state index contributed by atoms with van der Waals surface area (Å²) in [6, 6.07) is 12.1. The van der Waals surface area contributed by atoms with Crippen LogP contribution in [0, 0.1) is 11.6 Å². The first kappa shape index (κ1) is 12.6. The van der Waals surface area contributed by atoms with E-state index in [1.54, 1.807) is 6.07 Å². The molecule has 2 aromatic carbocycles. The minimum absolute atomic E-state index is 0.273. The van der Waals surface area contributed by atoms with Gasteiger partial charge in [-0.25, -0.2) is 8.78 Å². The number of benzene rings is 2. The Morgan fingerprint density at radius 3 is 2.39 bits per heavy atom. The van der Waals surface area contributed by atoms with Crippen molar-refractivity contribution in [3.63, 3.8) is 0 Å². The number of halogens is 2. The Morgan fingerprint density at radius 1 is 1.00 bits per heavy atom. The molecule has 0 bridgehead atoms. The Balaban J connectivity index is 2.04. The van der Waals surface area contributed by atoms with Crippen LogP contribution in [-0.2, 0) is 13.0 Å². The van der Waals surface area contributed by atoms with Crippen LogP contribution in [0.15, 0.2) is 42.5 Å². The summed E-state index contributed by atoms with van der Waals surface area (Å²) < 4.78 is 26.4. The second-order valence-corrected chi connectivity index (χ2v) is 4.12. The minimum atomic E-state index is -0.810. The van der Waals surface area contributed by atoms with Crippen LogP contribution in [0.3, 0.4) is 0 Å². The van der Waals surface area contributed by atoms with Crippen LogP contribution < -0.4 is 5.32 Å². The highest BCUT2D eigenvalue weighted by atomic mass is 19.2. The molecule has 0 radical (unpaired) electrons. The van der Waals surface area contributed by atoms with E-state index in [2.05, 4.69) is 12.2 Å². The van der Waals surface area contributed by atoms with Gasteiger partial charge in [0.15, 0.2) is 11.6 Å². The van der Waals surface area contributed by atoms with Crippen molar-refractivity contribution in [1.29, 1.82) is 0 Å². The number of aryl methyl sites for hydroxylation is 1. The van der Waals surface area contributed by atoms with E-state index in [-0.39, 0.29) is 6.54 Å². The normalized spacial score (nSPS) is 10.4. The fourth-order valence-electron chi connectivity index (χ4n) is 1.74. The maximum absolute atomic E-state index is 13.4. The van der Waals surface area contributed by atoms with Crippen molar-refractivity contribution in [3.8, 4) is 0 Å². The molecule has 0 aromatic heterocycles. The van der Waals surface area contributed by atoms with Crippen molar-refractivity contribution in [2.24, 2.45) is 0 Å². The lowest BCUT2D eigenvalue weighted by molar-refractivity contribution is 0.500. The molecule has 0 aliphatic rings. The lowest BCUT2D eigenvalue weighted by Crippen LogP contribution is -2.03. The van der Waals surface area contributed by atoms with Gasteiger partial charge in [0, 0.05) is 17.8 Å². The fourth-order valence-corrected chi connectivity index (χ4v) is 1.74. The highest BCUT2D eigenvalue weighted by Crippen LogP contribution is 2.15. The average Bonchev–Trinajstić information content (AvgIpc) is 2.41. The first-order valence-electron chi connectivity index (χ1n) is 5.96. The van der Waals surface area contributed by atoms with Gasteiger partial charge < -0.3 is 5.32 Å². The molecule has 3 heteroatoms. The van der Waals surface area contributed by atoms with Gasteiger partial charge in [-0.15, -0.1) is 0 Å². The van der Waals surface area contributed by atoms with Gasteiger partial charge in [-0.05, 0) is 30.2 Å². The topological polar surface area (TPSA) is 12.0 Å². The first-order valence-corrected chi connectivity index (χ1v) is 5.96. The Hall–Kier alpha value is -1.90. The van der Waals surface area contributed by atoms with E-state index in [1.165, 1.54) is 11.6 Å². The van der Waals surface area contributed by atoms with Gasteiger partial charge in [-0.1, -0.05) is 31.2 Å². The van der Waals surface area contributed by atoms with Crippen LogP contribution in [0.25, 0.3) is 0 Å². The van der Waals surface area contributed by atoms with E-state index in [4.69, 9.17) is 0 Å². The van der Waals surface area contributed by atoms with Crippen LogP contribution >= 0.6 is 0 Å². The summed E-state index contributed by atoms with van der Waals surface area (Å²) in [5, 5.41) is 3.07. The molecule has 2 aromatic rings. The zero-order chi connectivity index (χ0) is 13.0. The summed E-state index contributed by atoms with van der Waals surface area (Å²) in [6.07, 6.45) is 0.985. The van der Waals surface area contributed by atoms with Crippen LogP contribution in [0.4, 0.5) is 14.5 Å². The maximum atomic E-state index is 13.4. The van der Waals surface area contributed by atoms with Crippen molar-refractivity contribution in [2.75, 3.05) is 5.32 Å². The summed E-state index contributed by atoms with van der Waals surface area (Å²) in [5.41, 5.74) is 2.47. The zero-order valence-electron chi connectivity index (χ0n) is 10.2. The third kappa shape index (κ3) is 2.86. The first-order chi connectivity index (χ1) is 8.70. The molecule has 0 aliphatic heterocycles. The minimum Gasteiger partial charge on any atom is -0.381 e. The maximum Gasteiger partial charge on any atom is 0.163 e. The molecule has 1 nitrogen and oxygen atoms in total. The zero-order valence-corrected chi connectivity index (χ0v) is 10.2. The SMILES string of the molecule is CCc1ccc(NCc2cccc(F)c2F)cc1. The summed E-state index contributed by atoms with van der Waals surface area (Å²) in [4.78, 5) is 0. The summed E-state index contributed by atoms with van der Waals surface area (Å²) >= 11 is 0. The number of nitrogens with one attached hydrogen (secondary N) is 1. The number of hydrogen-bond donors (Lipinski definition) is 1. The van der Waals surface area contributed by atoms with Gasteiger partial charge in [0.05, 0.1) is 0 Å². The van der Waals surface area contributed by atoms with E-state index < -0.39 is 11.6 Å². The Morgan fingerprint density at radius 2 is 1.72 bits per heavy atom. The molecule has 94 valence electrons. The van der Waals surface area contributed by atoms with Gasteiger partial charge in [0.2, 0.25) is 0 Å². The molecule has 0 spiro atoms. The third-order valence-corrected chi connectivity index (χ3v) is 2.88. The largest absolute Gasteiger partial charge is 0.381 e. The summed E-state index contributed by atoms with van der Waals surface area (Å²) in [5.74, 6) is -1.59. The smallest absolute Gasteiger partial charge is 0.163 e. The standard InChI is InChI=1S/C15H15F2N/c1-2-11-6-8-13(9-7-11)18-10-12-4-3-5-14(16)15(12)17/h3-9,18H,2,10H2,1H3. The van der Waals surface area contributed by atoms with Crippen molar-refractivity contribution < 1.29 is 8.78 Å². The van der Waals surface area contributed by atoms with Gasteiger partial charge in [0.25, 0.3) is 0 Å². The fraction of sp³-hybridized carbons (Fsp3) is 0.200. The van der Waals surface area contributed by atoms with E-state index in [1.807, 2.05) is 24.3 Å². The lowest BCUT2D eigenvalue weighted by atomic mass is 10.1. The van der Waals surface area contributed by atoms with Crippen LogP contribution in [0.1, 0.15) is 18.1 Å². The Bertz CT molecular complexity index is 521. The van der Waals surface area contributed by atoms with E-state index >= 15 is 0 Å². The van der Waals surface area contributed by atoms with Gasteiger partial charge in [-0.3, -0.25) is 0 Å². The predicted molar refractivity (Wildman–Crippen MR) is 69.5 cm³/mol. The van der Waals surface area contributed by atoms with E-state index in [9.17, 15) is 8.78 Å². The molecule has 0 saturated heterocycles. The Labute approximate surface area is 105 Å². The van der Waals surface area contributed by atoms with Gasteiger partial charge in [0.1, 0.15) is 0 Å². The molecule has 18 heavy (non-hydrogen) atoms. The number of rotatable bonds is 4. The molecule has 0 amide bonds. The molecule has 0 fully saturated rings. The monoisotopic (exact) mass is 247 g/mol. The highest BCUT2D eigenvalue weighted by molar-refractivity contribution is 5.45. The molecular weight excluding hydrogens is 232 g/mol. The average molecular weight is 247 g/mol. The summed E-state index contributed by atoms with van der Waals surface area (Å²) in [7, 11) is 0. The molecule has 1 N–H and O–H groups in total. The Kier molecular flexibility index (Phi) is 3.92. The van der Waals surface area contributed by atoms with Crippen molar-refractivity contribution >= 4 is 5.69 Å². The molecular formula is C15H15F2N. The second-order valence-electron chi connectivity index (χ2n) is 4.12. The molecule has 0 atom stereocenters. The lowest BCUT2D eigenvalue weighted by Gasteiger charge is -2.08. The van der Waals surface area contributed by atoms with Crippen LogP contribution in [0.2, 0.25) is 0 Å². The third-order valence-electron chi connectivity index (χ3n) is 2.88. The molecule has 0 unspecified atom stereocenters. The van der Waals surface area contributed by atoms with Crippen molar-refractivity contribution in [1.82, 2.24) is 0 Å². The van der Waals surface area contributed by atoms with Gasteiger partial charge >= 0.3 is 0 Å². The second kappa shape index (κ2) is 5.63. The highest BCUT2D eigenvalue weighted by Gasteiger charge is 2.06. The van der Waals surface area contributed by atoms with E-state index in [0.29, 0.717) is 5.56 Å². The van der Waals surface area contributed by atoms with E-state index in [0.717, 1.165) is 18.2 Å². The molecule has 0 heterocycles.